The van der Waals surface area contributed by atoms with Crippen molar-refractivity contribution in [2.45, 2.75) is 52.2 Å². The molecule has 0 aliphatic heterocycles. The summed E-state index contributed by atoms with van der Waals surface area (Å²) in [4.78, 5) is 0. The number of aromatic nitrogens is 1. The number of pyridine rings is 1. The zero-order valence-electron chi connectivity index (χ0n) is 18.7. The van der Waals surface area contributed by atoms with Gasteiger partial charge in [-0.3, -0.25) is 0 Å². The third kappa shape index (κ3) is 3.47. The molecule has 0 N–H and O–H groups in total. The largest absolute Gasteiger partial charge is 0.455 e. The van der Waals surface area contributed by atoms with Crippen LogP contribution in [0, 0.1) is 12.7 Å². The zero-order valence-corrected chi connectivity index (χ0v) is 19.7. The lowest BCUT2D eigenvalue weighted by Gasteiger charge is -2.23. The topological polar surface area (TPSA) is 17.0 Å². The van der Waals surface area contributed by atoms with Crippen LogP contribution < -0.4 is 9.75 Å². The lowest BCUT2D eigenvalue weighted by atomic mass is 10.0. The van der Waals surface area contributed by atoms with Gasteiger partial charge in [0, 0.05) is 28.1 Å². The van der Waals surface area contributed by atoms with Crippen LogP contribution in [0.4, 0.5) is 4.39 Å². The highest BCUT2D eigenvalue weighted by Crippen LogP contribution is 2.37. The predicted molar refractivity (Wildman–Crippen MR) is 126 cm³/mol. The van der Waals surface area contributed by atoms with E-state index >= 15 is 4.39 Å². The van der Waals surface area contributed by atoms with E-state index in [-0.39, 0.29) is 5.82 Å². The monoisotopic (exact) mass is 420 g/mol. The smallest absolute Gasteiger partial charge is 0.216 e. The molecule has 2 nitrogen and oxygen atoms in total. The van der Waals surface area contributed by atoms with E-state index in [2.05, 4.69) is 49.7 Å². The van der Waals surface area contributed by atoms with Crippen LogP contribution in [0.15, 0.2) is 53.1 Å². The first-order valence-corrected chi connectivity index (χ1v) is 14.2. The average Bonchev–Trinajstić information content (AvgIpc) is 3.06. The van der Waals surface area contributed by atoms with E-state index in [0.717, 1.165) is 56.4 Å². The van der Waals surface area contributed by atoms with Crippen molar-refractivity contribution in [2.24, 2.45) is 7.05 Å². The van der Waals surface area contributed by atoms with Gasteiger partial charge < -0.3 is 4.42 Å². The number of hydrogen-bond acceptors (Lipinski definition) is 1. The van der Waals surface area contributed by atoms with Crippen LogP contribution in [0.1, 0.15) is 31.7 Å². The summed E-state index contributed by atoms with van der Waals surface area (Å²) in [6.45, 7) is 8.87. The van der Waals surface area contributed by atoms with Gasteiger partial charge in [-0.05, 0) is 30.7 Å². The van der Waals surface area contributed by atoms with Gasteiger partial charge in [0.1, 0.15) is 24.0 Å². The summed E-state index contributed by atoms with van der Waals surface area (Å²) >= 11 is 0. The van der Waals surface area contributed by atoms with Crippen LogP contribution in [0.25, 0.3) is 33.2 Å². The Bertz CT molecular complexity index is 1220. The van der Waals surface area contributed by atoms with Gasteiger partial charge >= 0.3 is 0 Å². The van der Waals surface area contributed by atoms with Crippen molar-refractivity contribution in [3.05, 3.63) is 60.0 Å². The van der Waals surface area contributed by atoms with Gasteiger partial charge in [0.2, 0.25) is 5.69 Å². The molecule has 0 aliphatic carbocycles. The van der Waals surface area contributed by atoms with E-state index in [0.29, 0.717) is 0 Å². The van der Waals surface area contributed by atoms with E-state index in [9.17, 15) is 0 Å². The Labute approximate surface area is 179 Å². The van der Waals surface area contributed by atoms with E-state index in [1.807, 2.05) is 31.4 Å². The van der Waals surface area contributed by atoms with Crippen LogP contribution in [0.5, 0.6) is 0 Å². The Morgan fingerprint density at radius 1 is 0.967 bits per heavy atom. The first-order valence-electron chi connectivity index (χ1n) is 10.9. The van der Waals surface area contributed by atoms with Gasteiger partial charge in [-0.2, -0.15) is 0 Å². The molecule has 4 aromatic rings. The quantitative estimate of drug-likeness (QED) is 0.194. The van der Waals surface area contributed by atoms with Gasteiger partial charge in [0.05, 0.1) is 13.6 Å². The molecule has 0 fully saturated rings. The van der Waals surface area contributed by atoms with Crippen molar-refractivity contribution in [1.82, 2.24) is 0 Å². The van der Waals surface area contributed by atoms with Gasteiger partial charge in [0.15, 0.2) is 6.20 Å². The average molecular weight is 421 g/mol. The van der Waals surface area contributed by atoms with Crippen LogP contribution in [0.2, 0.25) is 19.1 Å². The number of nitrogens with zero attached hydrogens (tertiary/aromatic N) is 1. The van der Waals surface area contributed by atoms with Crippen molar-refractivity contribution >= 4 is 35.2 Å². The fraction of sp³-hybridized carbons (Fsp3) is 0.346. The third-order valence-corrected chi connectivity index (χ3v) is 9.78. The number of unbranched alkanes of at least 4 members (excludes halogenated alkanes) is 2. The Hall–Kier alpha value is -2.46. The van der Waals surface area contributed by atoms with E-state index in [1.54, 1.807) is 6.07 Å². The summed E-state index contributed by atoms with van der Waals surface area (Å²) in [6, 6.07) is 15.1. The number of furan rings is 1. The first kappa shape index (κ1) is 20.8. The number of fused-ring (bicyclic) bond motifs is 3. The molecule has 156 valence electrons. The molecule has 0 saturated carbocycles. The first-order chi connectivity index (χ1) is 14.3. The minimum absolute atomic E-state index is 0.113. The lowest BCUT2D eigenvalue weighted by molar-refractivity contribution is -0.660. The van der Waals surface area contributed by atoms with Crippen molar-refractivity contribution in [2.75, 3.05) is 0 Å². The molecule has 0 radical (unpaired) electrons. The molecule has 0 bridgehead atoms. The standard InChI is InChI=1S/C26H31FNOSi/c1-6-7-10-17-30(4,5)26-21(27)15-14-20-19-13-12-18(2)23(24(19)29-25(20)26)22-11-8-9-16-28(22)3/h8-9,11-16H,6-7,10,17H2,1-5H3/q+1. The second kappa shape index (κ2) is 7.99. The van der Waals surface area contributed by atoms with Crippen molar-refractivity contribution in [1.29, 1.82) is 0 Å². The van der Waals surface area contributed by atoms with Crippen LogP contribution in [-0.2, 0) is 7.05 Å². The highest BCUT2D eigenvalue weighted by molar-refractivity contribution is 6.91. The molecular weight excluding hydrogens is 389 g/mol. The van der Waals surface area contributed by atoms with Gasteiger partial charge in [-0.15, -0.1) is 0 Å². The molecule has 0 atom stereocenters. The summed E-state index contributed by atoms with van der Waals surface area (Å²) in [5, 5.41) is 2.93. The second-order valence-corrected chi connectivity index (χ2v) is 13.8. The molecule has 0 amide bonds. The normalized spacial score (nSPS) is 12.2. The van der Waals surface area contributed by atoms with Gasteiger partial charge in [-0.1, -0.05) is 57.5 Å². The number of hydrogen-bond donors (Lipinski definition) is 0. The SMILES string of the molecule is CCCCC[Si](C)(C)c1c(F)ccc2c1oc1c(-c3cccc[n+]3C)c(C)ccc12. The molecule has 0 aliphatic rings. The minimum Gasteiger partial charge on any atom is -0.455 e. The van der Waals surface area contributed by atoms with Crippen LogP contribution in [0.3, 0.4) is 0 Å². The number of rotatable bonds is 6. The highest BCUT2D eigenvalue weighted by Gasteiger charge is 2.31. The van der Waals surface area contributed by atoms with Crippen molar-refractivity contribution in [3.8, 4) is 11.3 Å². The zero-order chi connectivity index (χ0) is 21.5. The van der Waals surface area contributed by atoms with Crippen LogP contribution in [-0.4, -0.2) is 8.07 Å². The van der Waals surface area contributed by atoms with Crippen LogP contribution >= 0.6 is 0 Å². The van der Waals surface area contributed by atoms with Crippen molar-refractivity contribution < 1.29 is 13.4 Å². The maximum absolute atomic E-state index is 15.2. The summed E-state index contributed by atoms with van der Waals surface area (Å²) in [5.41, 5.74) is 4.95. The Balaban J connectivity index is 2.00. The Morgan fingerprint density at radius 3 is 2.43 bits per heavy atom. The molecule has 4 rings (SSSR count). The number of benzene rings is 2. The van der Waals surface area contributed by atoms with E-state index in [1.165, 1.54) is 12.8 Å². The van der Waals surface area contributed by atoms with Gasteiger partial charge in [-0.25, -0.2) is 8.96 Å². The number of halogens is 1. The molecule has 2 aromatic heterocycles. The highest BCUT2D eigenvalue weighted by atomic mass is 28.3. The summed E-state index contributed by atoms with van der Waals surface area (Å²) < 4.78 is 23.9. The molecule has 0 unspecified atom stereocenters. The van der Waals surface area contributed by atoms with E-state index < -0.39 is 8.07 Å². The maximum Gasteiger partial charge on any atom is 0.216 e. The van der Waals surface area contributed by atoms with Gasteiger partial charge in [0.25, 0.3) is 0 Å². The molecular formula is C26H31FNOSi+. The summed E-state index contributed by atoms with van der Waals surface area (Å²) in [5.74, 6) is -0.113. The minimum atomic E-state index is -1.98. The second-order valence-electron chi connectivity index (χ2n) is 9.07. The molecule has 2 aromatic carbocycles. The Morgan fingerprint density at radius 2 is 1.70 bits per heavy atom. The predicted octanol–water partition coefficient (Wildman–Crippen LogP) is 6.63. The number of aryl methyl sites for hydroxylation is 2. The third-order valence-electron chi connectivity index (χ3n) is 6.36. The summed E-state index contributed by atoms with van der Waals surface area (Å²) in [6.07, 6.45) is 5.57. The van der Waals surface area contributed by atoms with E-state index in [4.69, 9.17) is 4.42 Å². The molecule has 0 spiro atoms. The molecule has 4 heteroatoms. The molecule has 30 heavy (non-hydrogen) atoms. The fourth-order valence-corrected chi connectivity index (χ4v) is 7.57. The fourth-order valence-electron chi connectivity index (χ4n) is 4.65. The molecule has 2 heterocycles. The lowest BCUT2D eigenvalue weighted by Crippen LogP contribution is -2.43. The van der Waals surface area contributed by atoms with Crippen molar-refractivity contribution in [3.63, 3.8) is 0 Å². The Kier molecular flexibility index (Phi) is 5.54. The maximum atomic E-state index is 15.2. The molecule has 0 saturated heterocycles. The summed E-state index contributed by atoms with van der Waals surface area (Å²) in [7, 11) is 0.0631.